The van der Waals surface area contributed by atoms with E-state index in [2.05, 4.69) is 30.9 Å². The molecule has 0 aliphatic heterocycles. The van der Waals surface area contributed by atoms with Crippen LogP contribution in [0.5, 0.6) is 0 Å². The number of hydrogen-bond donors (Lipinski definition) is 1. The Morgan fingerprint density at radius 1 is 1.21 bits per heavy atom. The van der Waals surface area contributed by atoms with Gasteiger partial charge in [-0.05, 0) is 45.8 Å². The molecule has 1 amide bonds. The normalized spacial score (nSPS) is 13.1. The van der Waals surface area contributed by atoms with Gasteiger partial charge in [0.1, 0.15) is 5.60 Å². The summed E-state index contributed by atoms with van der Waals surface area (Å²) in [4.78, 5) is 11.4. The molecule has 0 saturated heterocycles. The Bertz CT molecular complexity index is 239. The van der Waals surface area contributed by atoms with Crippen molar-refractivity contribution in [1.29, 1.82) is 0 Å². The minimum atomic E-state index is -0.405. The summed E-state index contributed by atoms with van der Waals surface area (Å²) >= 11 is 2.06. The lowest BCUT2D eigenvalue weighted by molar-refractivity contribution is 0.0527. The quantitative estimate of drug-likeness (QED) is 0.630. The summed E-state index contributed by atoms with van der Waals surface area (Å²) in [6.07, 6.45) is 5.69. The predicted molar refractivity (Wildman–Crippen MR) is 84.9 cm³/mol. The summed E-state index contributed by atoms with van der Waals surface area (Å²) in [6.45, 7) is 10.9. The van der Waals surface area contributed by atoms with Crippen LogP contribution in [-0.4, -0.2) is 29.2 Å². The van der Waals surface area contributed by atoms with Crippen molar-refractivity contribution in [3.05, 3.63) is 0 Å². The minimum absolute atomic E-state index is 0.306. The minimum Gasteiger partial charge on any atom is -0.444 e. The SMILES string of the molecule is CC[C@@H](C)SCCCCCCNC(=O)OC(C)(C)C. The third-order valence-electron chi connectivity index (χ3n) is 2.72. The van der Waals surface area contributed by atoms with Crippen LogP contribution < -0.4 is 5.32 Å². The number of nitrogens with one attached hydrogen (secondary N) is 1. The topological polar surface area (TPSA) is 38.3 Å². The summed E-state index contributed by atoms with van der Waals surface area (Å²) in [5.74, 6) is 1.26. The van der Waals surface area contributed by atoms with Gasteiger partial charge in [-0.25, -0.2) is 4.79 Å². The fourth-order valence-electron chi connectivity index (χ4n) is 1.49. The van der Waals surface area contributed by atoms with Crippen LogP contribution >= 0.6 is 11.8 Å². The summed E-state index contributed by atoms with van der Waals surface area (Å²) in [7, 11) is 0. The Hall–Kier alpha value is -0.380. The van der Waals surface area contributed by atoms with Gasteiger partial charge in [0, 0.05) is 11.8 Å². The molecule has 0 aromatic carbocycles. The zero-order valence-electron chi connectivity index (χ0n) is 13.3. The molecule has 1 atom stereocenters. The number of thioether (sulfide) groups is 1. The fourth-order valence-corrected chi connectivity index (χ4v) is 2.50. The van der Waals surface area contributed by atoms with Crippen LogP contribution in [0.25, 0.3) is 0 Å². The van der Waals surface area contributed by atoms with Crippen molar-refractivity contribution >= 4 is 17.9 Å². The van der Waals surface area contributed by atoms with Crippen molar-refractivity contribution in [2.75, 3.05) is 12.3 Å². The zero-order valence-corrected chi connectivity index (χ0v) is 14.1. The molecule has 0 saturated carbocycles. The van der Waals surface area contributed by atoms with Crippen LogP contribution in [-0.2, 0) is 4.74 Å². The van der Waals surface area contributed by atoms with E-state index in [-0.39, 0.29) is 6.09 Å². The van der Waals surface area contributed by atoms with Gasteiger partial charge in [-0.3, -0.25) is 0 Å². The Kier molecular flexibility index (Phi) is 10.2. The highest BCUT2D eigenvalue weighted by molar-refractivity contribution is 7.99. The van der Waals surface area contributed by atoms with Crippen LogP contribution in [0.2, 0.25) is 0 Å². The highest BCUT2D eigenvalue weighted by atomic mass is 32.2. The largest absolute Gasteiger partial charge is 0.444 e. The molecule has 3 nitrogen and oxygen atoms in total. The molecule has 0 aromatic heterocycles. The maximum absolute atomic E-state index is 11.4. The van der Waals surface area contributed by atoms with E-state index in [1.165, 1.54) is 31.4 Å². The molecule has 0 spiro atoms. The van der Waals surface area contributed by atoms with Gasteiger partial charge in [0.15, 0.2) is 0 Å². The number of rotatable bonds is 9. The van der Waals surface area contributed by atoms with Crippen LogP contribution in [0.15, 0.2) is 0 Å². The molecule has 0 unspecified atom stereocenters. The Balaban J connectivity index is 3.30. The third-order valence-corrected chi connectivity index (χ3v) is 4.14. The van der Waals surface area contributed by atoms with E-state index in [1.54, 1.807) is 0 Å². The van der Waals surface area contributed by atoms with E-state index < -0.39 is 5.60 Å². The number of hydrogen-bond acceptors (Lipinski definition) is 3. The maximum atomic E-state index is 11.4. The molecule has 0 heterocycles. The summed E-state index contributed by atoms with van der Waals surface area (Å²) < 4.78 is 5.17. The second-order valence-electron chi connectivity index (χ2n) is 5.93. The molecule has 4 heteroatoms. The summed E-state index contributed by atoms with van der Waals surface area (Å²) in [5.41, 5.74) is -0.405. The number of ether oxygens (including phenoxy) is 1. The third kappa shape index (κ3) is 13.8. The second kappa shape index (κ2) is 10.4. The van der Waals surface area contributed by atoms with Gasteiger partial charge in [-0.15, -0.1) is 0 Å². The molecule has 19 heavy (non-hydrogen) atoms. The first kappa shape index (κ1) is 18.6. The van der Waals surface area contributed by atoms with Crippen molar-refractivity contribution in [2.24, 2.45) is 0 Å². The predicted octanol–water partition coefficient (Wildman–Crippen LogP) is 4.60. The number of carbonyl (C=O) groups is 1. The monoisotopic (exact) mass is 289 g/mol. The number of carbonyl (C=O) groups excluding carboxylic acids is 1. The van der Waals surface area contributed by atoms with Crippen LogP contribution in [0, 0.1) is 0 Å². The first-order valence-corrected chi connectivity index (χ1v) is 8.48. The number of unbranched alkanes of at least 4 members (excludes halogenated alkanes) is 3. The van der Waals surface area contributed by atoms with Crippen molar-refractivity contribution in [2.45, 2.75) is 77.6 Å². The van der Waals surface area contributed by atoms with E-state index in [9.17, 15) is 4.79 Å². The van der Waals surface area contributed by atoms with Gasteiger partial charge in [-0.2, -0.15) is 11.8 Å². The van der Waals surface area contributed by atoms with E-state index in [1.807, 2.05) is 20.8 Å². The number of alkyl carbamates (subject to hydrolysis) is 1. The smallest absolute Gasteiger partial charge is 0.407 e. The molecular formula is C15H31NO2S. The highest BCUT2D eigenvalue weighted by Gasteiger charge is 2.15. The molecule has 0 rings (SSSR count). The molecule has 0 bridgehead atoms. The van der Waals surface area contributed by atoms with E-state index >= 15 is 0 Å². The van der Waals surface area contributed by atoms with Crippen molar-refractivity contribution in [1.82, 2.24) is 5.32 Å². The second-order valence-corrected chi connectivity index (χ2v) is 7.48. The average molecular weight is 289 g/mol. The van der Waals surface area contributed by atoms with Gasteiger partial charge in [0.05, 0.1) is 0 Å². The summed E-state index contributed by atoms with van der Waals surface area (Å²) in [6, 6.07) is 0. The standard InChI is InChI=1S/C15H31NO2S/c1-6-13(2)19-12-10-8-7-9-11-16-14(17)18-15(3,4)5/h13H,6-12H2,1-5H3,(H,16,17)/t13-/m1/s1. The van der Waals surface area contributed by atoms with Gasteiger partial charge >= 0.3 is 6.09 Å². The van der Waals surface area contributed by atoms with Crippen molar-refractivity contribution in [3.63, 3.8) is 0 Å². The molecule has 0 radical (unpaired) electrons. The average Bonchev–Trinajstić information content (AvgIpc) is 2.29. The van der Waals surface area contributed by atoms with E-state index in [4.69, 9.17) is 4.74 Å². The molecular weight excluding hydrogens is 258 g/mol. The van der Waals surface area contributed by atoms with E-state index in [0.29, 0.717) is 6.54 Å². The zero-order chi connectivity index (χ0) is 14.7. The molecule has 114 valence electrons. The van der Waals surface area contributed by atoms with Crippen molar-refractivity contribution < 1.29 is 9.53 Å². The molecule has 0 aliphatic carbocycles. The first-order valence-electron chi connectivity index (χ1n) is 7.43. The summed E-state index contributed by atoms with van der Waals surface area (Å²) in [5, 5.41) is 3.58. The molecule has 1 N–H and O–H groups in total. The van der Waals surface area contributed by atoms with Crippen molar-refractivity contribution in [3.8, 4) is 0 Å². The maximum Gasteiger partial charge on any atom is 0.407 e. The van der Waals surface area contributed by atoms with Gasteiger partial charge < -0.3 is 10.1 Å². The van der Waals surface area contributed by atoms with E-state index in [0.717, 1.165) is 11.7 Å². The Morgan fingerprint density at radius 3 is 2.42 bits per heavy atom. The fraction of sp³-hybridized carbons (Fsp3) is 0.933. The lowest BCUT2D eigenvalue weighted by atomic mass is 10.2. The van der Waals surface area contributed by atoms with Crippen LogP contribution in [0.3, 0.4) is 0 Å². The Morgan fingerprint density at radius 2 is 1.84 bits per heavy atom. The van der Waals surface area contributed by atoms with Gasteiger partial charge in [0.25, 0.3) is 0 Å². The Labute approximate surface area is 123 Å². The molecule has 0 aliphatic rings. The number of amides is 1. The first-order chi connectivity index (χ1) is 8.85. The van der Waals surface area contributed by atoms with Crippen LogP contribution in [0.1, 0.15) is 66.7 Å². The lowest BCUT2D eigenvalue weighted by Crippen LogP contribution is -2.32. The lowest BCUT2D eigenvalue weighted by Gasteiger charge is -2.19. The van der Waals surface area contributed by atoms with Gasteiger partial charge in [-0.1, -0.05) is 26.7 Å². The molecule has 0 fully saturated rings. The highest BCUT2D eigenvalue weighted by Crippen LogP contribution is 2.16. The molecule has 0 aromatic rings. The van der Waals surface area contributed by atoms with Crippen LogP contribution in [0.4, 0.5) is 4.79 Å². The van der Waals surface area contributed by atoms with Gasteiger partial charge in [0.2, 0.25) is 0 Å².